The third kappa shape index (κ3) is 5.70. The van der Waals surface area contributed by atoms with Crippen molar-refractivity contribution in [2.24, 2.45) is 0 Å². The molecule has 0 unspecified atom stereocenters. The lowest BCUT2D eigenvalue weighted by Crippen LogP contribution is -2.30. The second-order valence-electron chi connectivity index (χ2n) is 8.87. The summed E-state index contributed by atoms with van der Waals surface area (Å²) in [6.45, 7) is 4.04. The van der Waals surface area contributed by atoms with Crippen molar-refractivity contribution in [3.63, 3.8) is 0 Å². The fourth-order valence-electron chi connectivity index (χ4n) is 4.84. The molecule has 3 heterocycles. The number of aromatic nitrogens is 4. The maximum absolute atomic E-state index is 14.4. The van der Waals surface area contributed by atoms with Gasteiger partial charge < -0.3 is 20.1 Å². The summed E-state index contributed by atoms with van der Waals surface area (Å²) in [5, 5.41) is 6.51. The molecule has 5 rings (SSSR count). The molecule has 35 heavy (non-hydrogen) atoms. The van der Waals surface area contributed by atoms with Crippen LogP contribution >= 0.6 is 0 Å². The van der Waals surface area contributed by atoms with Gasteiger partial charge in [0.15, 0.2) is 5.65 Å². The molecule has 2 N–H and O–H groups in total. The van der Waals surface area contributed by atoms with E-state index in [9.17, 15) is 8.78 Å². The van der Waals surface area contributed by atoms with E-state index >= 15 is 0 Å². The summed E-state index contributed by atoms with van der Waals surface area (Å²) < 4.78 is 41.0. The van der Waals surface area contributed by atoms with Crippen LogP contribution in [0.25, 0.3) is 11.2 Å². The number of hydrogen-bond acceptors (Lipinski definition) is 7. The normalized spacial score (nSPS) is 21.0. The minimum atomic E-state index is -0.679. The molecule has 0 bridgehead atoms. The highest BCUT2D eigenvalue weighted by Gasteiger charge is 2.25. The Morgan fingerprint density at radius 1 is 1.09 bits per heavy atom. The molecule has 1 aromatic carbocycles. The highest BCUT2D eigenvalue weighted by molar-refractivity contribution is 5.76. The van der Waals surface area contributed by atoms with Crippen LogP contribution in [0.15, 0.2) is 24.4 Å². The Bertz CT molecular complexity index is 1130. The number of halogens is 2. The maximum Gasteiger partial charge on any atom is 0.224 e. The van der Waals surface area contributed by atoms with E-state index in [1.54, 1.807) is 6.20 Å². The Hall–Kier alpha value is -2.85. The molecule has 8 nitrogen and oxygen atoms in total. The van der Waals surface area contributed by atoms with E-state index in [0.717, 1.165) is 51.2 Å². The summed E-state index contributed by atoms with van der Waals surface area (Å²) >= 11 is 0. The van der Waals surface area contributed by atoms with Crippen LogP contribution in [0, 0.1) is 11.6 Å². The number of benzene rings is 1. The third-order valence-corrected chi connectivity index (χ3v) is 6.58. The summed E-state index contributed by atoms with van der Waals surface area (Å²) in [5.41, 5.74) is 1.45. The molecule has 2 aliphatic rings. The van der Waals surface area contributed by atoms with Gasteiger partial charge in [0.25, 0.3) is 0 Å². The number of rotatable bonds is 7. The van der Waals surface area contributed by atoms with Crippen LogP contribution in [-0.2, 0) is 9.47 Å². The minimum absolute atomic E-state index is 0. The van der Waals surface area contributed by atoms with Crippen LogP contribution in [0.2, 0.25) is 0 Å². The minimum Gasteiger partial charge on any atom is -0.381 e. The number of nitrogens with one attached hydrogen (secondary N) is 2. The zero-order chi connectivity index (χ0) is 23.5. The summed E-state index contributed by atoms with van der Waals surface area (Å²) in [6, 6.07) is 3.82. The summed E-state index contributed by atoms with van der Waals surface area (Å²) in [7, 11) is 0. The molecule has 1 aliphatic carbocycles. The van der Waals surface area contributed by atoms with E-state index in [1.165, 1.54) is 12.1 Å². The van der Waals surface area contributed by atoms with E-state index < -0.39 is 11.6 Å². The second kappa shape index (κ2) is 11.3. The molecule has 0 spiro atoms. The van der Waals surface area contributed by atoms with Crippen molar-refractivity contribution in [2.75, 3.05) is 30.5 Å². The van der Waals surface area contributed by atoms with Crippen molar-refractivity contribution in [2.45, 2.75) is 71.1 Å². The molecule has 1 aliphatic heterocycles. The van der Waals surface area contributed by atoms with Crippen LogP contribution in [0.4, 0.5) is 26.4 Å². The lowest BCUT2D eigenvalue weighted by atomic mass is 9.93. The van der Waals surface area contributed by atoms with Gasteiger partial charge in [0.05, 0.1) is 18.0 Å². The van der Waals surface area contributed by atoms with Crippen molar-refractivity contribution in [1.29, 1.82) is 0 Å². The zero-order valence-corrected chi connectivity index (χ0v) is 19.3. The number of imidazole rings is 1. The molecule has 1 saturated heterocycles. The predicted octanol–water partition coefficient (Wildman–Crippen LogP) is 5.60. The van der Waals surface area contributed by atoms with Crippen molar-refractivity contribution >= 4 is 28.7 Å². The average Bonchev–Trinajstić information content (AvgIpc) is 3.20. The fraction of sp³-hybridized carbons (Fsp3) is 0.560. The second-order valence-corrected chi connectivity index (χ2v) is 8.87. The van der Waals surface area contributed by atoms with Gasteiger partial charge in [0.1, 0.15) is 17.2 Å². The number of nitrogens with zero attached hydrogens (tertiary/aromatic N) is 4. The van der Waals surface area contributed by atoms with Gasteiger partial charge >= 0.3 is 0 Å². The molecule has 1 saturated carbocycles. The van der Waals surface area contributed by atoms with Gasteiger partial charge in [-0.1, -0.05) is 7.43 Å². The van der Waals surface area contributed by atoms with Crippen LogP contribution in [0.5, 0.6) is 0 Å². The molecule has 0 amide bonds. The fourth-order valence-corrected chi connectivity index (χ4v) is 4.84. The number of anilines is 3. The van der Waals surface area contributed by atoms with Crippen LogP contribution in [-0.4, -0.2) is 51.5 Å². The van der Waals surface area contributed by atoms with Crippen molar-refractivity contribution < 1.29 is 18.3 Å². The molecular weight excluding hydrogens is 454 g/mol. The van der Waals surface area contributed by atoms with Crippen molar-refractivity contribution in [1.82, 2.24) is 19.5 Å². The first kappa shape index (κ1) is 25.2. The van der Waals surface area contributed by atoms with Crippen LogP contribution in [0.1, 0.15) is 58.9 Å². The zero-order valence-electron chi connectivity index (χ0n) is 19.3. The molecule has 2 fully saturated rings. The average molecular weight is 489 g/mol. The Morgan fingerprint density at radius 2 is 1.86 bits per heavy atom. The lowest BCUT2D eigenvalue weighted by Gasteiger charge is -2.29. The largest absolute Gasteiger partial charge is 0.381 e. The summed E-state index contributed by atoms with van der Waals surface area (Å²) in [4.78, 5) is 13.9. The Morgan fingerprint density at radius 3 is 2.57 bits per heavy atom. The van der Waals surface area contributed by atoms with Gasteiger partial charge in [0.2, 0.25) is 11.9 Å². The van der Waals surface area contributed by atoms with E-state index in [1.807, 2.05) is 11.5 Å². The lowest BCUT2D eigenvalue weighted by molar-refractivity contribution is 0.0346. The van der Waals surface area contributed by atoms with Crippen molar-refractivity contribution in [3.8, 4) is 0 Å². The van der Waals surface area contributed by atoms with Gasteiger partial charge in [-0.25, -0.2) is 18.7 Å². The van der Waals surface area contributed by atoms with Gasteiger partial charge in [-0.05, 0) is 57.6 Å². The first-order valence-corrected chi connectivity index (χ1v) is 12.0. The molecular formula is C25H34F2N6O2. The van der Waals surface area contributed by atoms with Crippen molar-refractivity contribution in [3.05, 3.63) is 36.0 Å². The maximum atomic E-state index is 14.4. The smallest absolute Gasteiger partial charge is 0.224 e. The molecule has 190 valence electrons. The topological polar surface area (TPSA) is 86.1 Å². The van der Waals surface area contributed by atoms with Gasteiger partial charge in [0, 0.05) is 38.0 Å². The first-order valence-electron chi connectivity index (χ1n) is 12.0. The van der Waals surface area contributed by atoms with Gasteiger partial charge in [-0.2, -0.15) is 4.98 Å². The molecule has 0 radical (unpaired) electrons. The Kier molecular flexibility index (Phi) is 8.12. The number of hydrogen-bond donors (Lipinski definition) is 2. The Balaban J connectivity index is 0.00000289. The van der Waals surface area contributed by atoms with Crippen LogP contribution < -0.4 is 10.6 Å². The monoisotopic (exact) mass is 488 g/mol. The van der Waals surface area contributed by atoms with Gasteiger partial charge in [-0.15, -0.1) is 0 Å². The number of fused-ring (bicyclic) bond motifs is 1. The molecule has 2 aromatic heterocycles. The third-order valence-electron chi connectivity index (χ3n) is 6.58. The van der Waals surface area contributed by atoms with Gasteiger partial charge in [-0.3, -0.25) is 4.57 Å². The standard InChI is InChI=1S/C24H30F2N6O2.CH4/c1-2-34-18-6-4-16(5-7-18)28-23-27-14-21-22(31-23)32(17-9-11-33-12-10-17)24(30-21)29-20-8-3-15(25)13-19(20)26;/h3,8,13-14,16-18H,2,4-7,9-12H2,1H3,(H,29,30)(H,27,28,31);1H4. The van der Waals surface area contributed by atoms with Crippen LogP contribution in [0.3, 0.4) is 0 Å². The van der Waals surface area contributed by atoms with E-state index in [0.29, 0.717) is 48.4 Å². The van der Waals surface area contributed by atoms with E-state index in [2.05, 4.69) is 20.6 Å². The summed E-state index contributed by atoms with van der Waals surface area (Å²) in [6.07, 6.45) is 7.65. The highest BCUT2D eigenvalue weighted by atomic mass is 19.1. The number of ether oxygens (including phenoxy) is 2. The summed E-state index contributed by atoms with van der Waals surface area (Å²) in [5.74, 6) is -0.296. The predicted molar refractivity (Wildman–Crippen MR) is 132 cm³/mol. The van der Waals surface area contributed by atoms with E-state index in [-0.39, 0.29) is 19.2 Å². The quantitative estimate of drug-likeness (QED) is 0.448. The molecule has 3 aromatic rings. The Labute approximate surface area is 204 Å². The molecule has 0 atom stereocenters. The highest BCUT2D eigenvalue weighted by Crippen LogP contribution is 2.32. The first-order chi connectivity index (χ1) is 16.6. The SMILES string of the molecule is C.CCOC1CCC(Nc2ncc3nc(Nc4ccc(F)cc4F)n(C4CCOCC4)c3n2)CC1. The molecule has 10 heteroatoms. The van der Waals surface area contributed by atoms with E-state index in [4.69, 9.17) is 14.5 Å².